The Morgan fingerprint density at radius 2 is 2.17 bits per heavy atom. The number of nitrogens with one attached hydrogen (secondary N) is 2. The Hall–Kier alpha value is -1.31. The summed E-state index contributed by atoms with van der Waals surface area (Å²) < 4.78 is 1.03. The first kappa shape index (κ1) is 14.7. The first-order chi connectivity index (χ1) is 8.47. The number of anilines is 1. The van der Waals surface area contributed by atoms with Gasteiger partial charge in [0.2, 0.25) is 0 Å². The third-order valence-electron chi connectivity index (χ3n) is 2.22. The normalized spacial score (nSPS) is 11.7. The number of carbonyl (C=O) groups is 2. The fraction of sp³-hybridized carbons (Fsp3) is 0.333. The third-order valence-corrected chi connectivity index (χ3v) is 2.89. The molecule has 2 amide bonds. The summed E-state index contributed by atoms with van der Waals surface area (Å²) in [7, 11) is 0. The number of urea groups is 1. The van der Waals surface area contributed by atoms with E-state index in [1.54, 1.807) is 13.0 Å². The zero-order chi connectivity index (χ0) is 13.5. The van der Waals surface area contributed by atoms with Gasteiger partial charge in [-0.3, -0.25) is 4.79 Å². The summed E-state index contributed by atoms with van der Waals surface area (Å²) in [5, 5.41) is 13.9. The highest BCUT2D eigenvalue weighted by atomic mass is 127. The predicted molar refractivity (Wildman–Crippen MR) is 77.6 cm³/mol. The Bertz CT molecular complexity index is 437. The topological polar surface area (TPSA) is 78.4 Å². The van der Waals surface area contributed by atoms with E-state index in [-0.39, 0.29) is 18.4 Å². The molecule has 3 N–H and O–H groups in total. The van der Waals surface area contributed by atoms with Gasteiger partial charge in [-0.1, -0.05) is 13.0 Å². The number of halogens is 1. The Labute approximate surface area is 119 Å². The number of carbonyl (C=O) groups excluding carboxylic acids is 1. The Morgan fingerprint density at radius 1 is 1.44 bits per heavy atom. The molecule has 0 radical (unpaired) electrons. The minimum Gasteiger partial charge on any atom is -0.481 e. The van der Waals surface area contributed by atoms with E-state index in [2.05, 4.69) is 33.2 Å². The van der Waals surface area contributed by atoms with Crippen LogP contribution in [0.15, 0.2) is 24.3 Å². The van der Waals surface area contributed by atoms with Crippen LogP contribution in [-0.2, 0) is 4.79 Å². The van der Waals surface area contributed by atoms with E-state index in [9.17, 15) is 9.59 Å². The molecule has 5 nitrogen and oxygen atoms in total. The lowest BCUT2D eigenvalue weighted by atomic mass is 10.1. The van der Waals surface area contributed by atoms with Gasteiger partial charge >= 0.3 is 12.0 Å². The molecule has 0 aliphatic rings. The molecule has 98 valence electrons. The molecule has 0 aliphatic heterocycles. The van der Waals surface area contributed by atoms with Crippen molar-refractivity contribution in [3.05, 3.63) is 27.8 Å². The van der Waals surface area contributed by atoms with Gasteiger partial charge in [-0.25, -0.2) is 4.79 Å². The van der Waals surface area contributed by atoms with Crippen LogP contribution >= 0.6 is 22.6 Å². The monoisotopic (exact) mass is 362 g/mol. The van der Waals surface area contributed by atoms with E-state index >= 15 is 0 Å². The second-order valence-electron chi connectivity index (χ2n) is 4.05. The fourth-order valence-electron chi connectivity index (χ4n) is 1.38. The molecular weight excluding hydrogens is 347 g/mol. The molecule has 0 aromatic heterocycles. The highest BCUT2D eigenvalue weighted by Gasteiger charge is 2.09. The summed E-state index contributed by atoms with van der Waals surface area (Å²) in [6.45, 7) is 2.11. The predicted octanol–water partition coefficient (Wildman–Crippen LogP) is 2.52. The van der Waals surface area contributed by atoms with Crippen LogP contribution in [0.4, 0.5) is 10.5 Å². The van der Waals surface area contributed by atoms with Gasteiger partial charge in [-0.2, -0.15) is 0 Å². The lowest BCUT2D eigenvalue weighted by Gasteiger charge is -2.11. The van der Waals surface area contributed by atoms with Crippen molar-refractivity contribution in [1.82, 2.24) is 5.32 Å². The fourth-order valence-corrected chi connectivity index (χ4v) is 1.92. The van der Waals surface area contributed by atoms with Crippen LogP contribution in [-0.4, -0.2) is 23.7 Å². The highest BCUT2D eigenvalue weighted by Crippen LogP contribution is 2.12. The zero-order valence-corrected chi connectivity index (χ0v) is 12.1. The third kappa shape index (κ3) is 5.85. The molecule has 0 bridgehead atoms. The maximum Gasteiger partial charge on any atom is 0.319 e. The van der Waals surface area contributed by atoms with Crippen LogP contribution in [0.2, 0.25) is 0 Å². The highest BCUT2D eigenvalue weighted by molar-refractivity contribution is 14.1. The lowest BCUT2D eigenvalue weighted by Crippen LogP contribution is -2.32. The molecule has 0 saturated heterocycles. The van der Waals surface area contributed by atoms with Gasteiger partial charge in [0.1, 0.15) is 0 Å². The SMILES string of the molecule is CC(CNC(=O)Nc1cccc(I)c1)CC(=O)O. The number of carboxylic acid groups (broad SMARTS) is 1. The van der Waals surface area contributed by atoms with E-state index in [4.69, 9.17) is 5.11 Å². The van der Waals surface area contributed by atoms with Gasteiger partial charge < -0.3 is 15.7 Å². The van der Waals surface area contributed by atoms with E-state index in [0.29, 0.717) is 12.2 Å². The standard InChI is InChI=1S/C12H15IN2O3/c1-8(5-11(16)17)7-14-12(18)15-10-4-2-3-9(13)6-10/h2-4,6,8H,5,7H2,1H3,(H,16,17)(H2,14,15,18). The molecule has 6 heteroatoms. The smallest absolute Gasteiger partial charge is 0.319 e. The number of benzene rings is 1. The molecule has 1 atom stereocenters. The number of aliphatic carboxylic acids is 1. The lowest BCUT2D eigenvalue weighted by molar-refractivity contribution is -0.137. The Balaban J connectivity index is 2.36. The first-order valence-electron chi connectivity index (χ1n) is 5.49. The quantitative estimate of drug-likeness (QED) is 0.705. The summed E-state index contributed by atoms with van der Waals surface area (Å²) in [6, 6.07) is 7.10. The largest absolute Gasteiger partial charge is 0.481 e. The molecule has 0 fully saturated rings. The summed E-state index contributed by atoms with van der Waals surface area (Å²) in [5.41, 5.74) is 0.713. The van der Waals surface area contributed by atoms with Gasteiger partial charge in [-0.15, -0.1) is 0 Å². The minimum atomic E-state index is -0.859. The number of carboxylic acids is 1. The van der Waals surface area contributed by atoms with Gasteiger partial charge in [0.15, 0.2) is 0 Å². The maximum atomic E-state index is 11.5. The minimum absolute atomic E-state index is 0.0452. The van der Waals surface area contributed by atoms with Gasteiger partial charge in [0.25, 0.3) is 0 Å². The molecule has 0 aliphatic carbocycles. The van der Waals surface area contributed by atoms with Crippen molar-refractivity contribution in [3.63, 3.8) is 0 Å². The van der Waals surface area contributed by atoms with Crippen LogP contribution in [0.5, 0.6) is 0 Å². The zero-order valence-electron chi connectivity index (χ0n) is 9.94. The summed E-state index contributed by atoms with van der Waals surface area (Å²) in [4.78, 5) is 22.0. The second-order valence-corrected chi connectivity index (χ2v) is 5.29. The van der Waals surface area contributed by atoms with Crippen molar-refractivity contribution in [2.45, 2.75) is 13.3 Å². The van der Waals surface area contributed by atoms with Crippen molar-refractivity contribution in [2.24, 2.45) is 5.92 Å². The van der Waals surface area contributed by atoms with Crippen LogP contribution < -0.4 is 10.6 Å². The van der Waals surface area contributed by atoms with Crippen LogP contribution in [0.1, 0.15) is 13.3 Å². The number of hydrogen-bond donors (Lipinski definition) is 3. The van der Waals surface area contributed by atoms with Gasteiger partial charge in [-0.05, 0) is 46.7 Å². The summed E-state index contributed by atoms with van der Waals surface area (Å²) in [6.07, 6.45) is 0.0452. The molecule has 1 rings (SSSR count). The van der Waals surface area contributed by atoms with E-state index in [1.165, 1.54) is 0 Å². The number of rotatable bonds is 5. The average Bonchev–Trinajstić information content (AvgIpc) is 2.25. The molecule has 1 aromatic rings. The molecule has 0 heterocycles. The van der Waals surface area contributed by atoms with Crippen molar-refractivity contribution in [1.29, 1.82) is 0 Å². The molecule has 1 aromatic carbocycles. The van der Waals surface area contributed by atoms with Crippen LogP contribution in [0.3, 0.4) is 0 Å². The molecule has 0 spiro atoms. The molecule has 18 heavy (non-hydrogen) atoms. The molecule has 1 unspecified atom stereocenters. The van der Waals surface area contributed by atoms with E-state index in [0.717, 1.165) is 3.57 Å². The summed E-state index contributed by atoms with van der Waals surface area (Å²) in [5.74, 6) is -0.952. The van der Waals surface area contributed by atoms with E-state index in [1.807, 2.05) is 18.2 Å². The van der Waals surface area contributed by atoms with Gasteiger partial charge in [0.05, 0.1) is 0 Å². The van der Waals surface area contributed by atoms with Crippen molar-refractivity contribution >= 4 is 40.3 Å². The number of hydrogen-bond acceptors (Lipinski definition) is 2. The summed E-state index contributed by atoms with van der Waals surface area (Å²) >= 11 is 2.16. The van der Waals surface area contributed by atoms with Gasteiger partial charge in [0, 0.05) is 22.2 Å². The van der Waals surface area contributed by atoms with Crippen LogP contribution in [0, 0.1) is 9.49 Å². The second kappa shape index (κ2) is 7.20. The van der Waals surface area contributed by atoms with Crippen molar-refractivity contribution < 1.29 is 14.7 Å². The average molecular weight is 362 g/mol. The van der Waals surface area contributed by atoms with Crippen molar-refractivity contribution in [3.8, 4) is 0 Å². The Morgan fingerprint density at radius 3 is 2.78 bits per heavy atom. The van der Waals surface area contributed by atoms with Crippen molar-refractivity contribution in [2.75, 3.05) is 11.9 Å². The maximum absolute atomic E-state index is 11.5. The number of amides is 2. The van der Waals surface area contributed by atoms with E-state index < -0.39 is 5.97 Å². The Kier molecular flexibility index (Phi) is 5.90. The molecule has 0 saturated carbocycles. The molecular formula is C12H15IN2O3. The van der Waals surface area contributed by atoms with Crippen LogP contribution in [0.25, 0.3) is 0 Å². The first-order valence-corrected chi connectivity index (χ1v) is 6.57.